The standard InChI is InChI=1S/C13H7F5N2O/c14-8-2-3-10(15)9(5-8)12(21)20-11-4-1-7(6-19-11)13(16,17)18/h1-6H,(H,19,20,21). The Labute approximate surface area is 115 Å². The predicted octanol–water partition coefficient (Wildman–Crippen LogP) is 3.63. The summed E-state index contributed by atoms with van der Waals surface area (Å²) in [7, 11) is 0. The van der Waals surface area contributed by atoms with E-state index in [-0.39, 0.29) is 5.82 Å². The molecule has 0 aliphatic heterocycles. The monoisotopic (exact) mass is 302 g/mol. The van der Waals surface area contributed by atoms with Crippen molar-refractivity contribution in [2.45, 2.75) is 6.18 Å². The molecule has 0 saturated heterocycles. The number of hydrogen-bond donors (Lipinski definition) is 1. The lowest BCUT2D eigenvalue weighted by Crippen LogP contribution is -2.15. The van der Waals surface area contributed by atoms with Gasteiger partial charge in [0.1, 0.15) is 17.5 Å². The lowest BCUT2D eigenvalue weighted by molar-refractivity contribution is -0.137. The topological polar surface area (TPSA) is 42.0 Å². The number of hydrogen-bond acceptors (Lipinski definition) is 2. The molecule has 3 nitrogen and oxygen atoms in total. The lowest BCUT2D eigenvalue weighted by Gasteiger charge is -2.08. The molecule has 0 saturated carbocycles. The number of anilines is 1. The van der Waals surface area contributed by atoms with E-state index in [2.05, 4.69) is 10.3 Å². The van der Waals surface area contributed by atoms with E-state index in [9.17, 15) is 26.7 Å². The van der Waals surface area contributed by atoms with Crippen molar-refractivity contribution >= 4 is 11.7 Å². The van der Waals surface area contributed by atoms with Crippen LogP contribution in [-0.2, 0) is 6.18 Å². The summed E-state index contributed by atoms with van der Waals surface area (Å²) in [5, 5.41) is 2.08. The van der Waals surface area contributed by atoms with Crippen molar-refractivity contribution in [2.75, 3.05) is 5.32 Å². The van der Waals surface area contributed by atoms with E-state index in [1.54, 1.807) is 0 Å². The molecule has 0 radical (unpaired) electrons. The first kappa shape index (κ1) is 14.9. The van der Waals surface area contributed by atoms with Crippen LogP contribution in [0, 0.1) is 11.6 Å². The number of benzene rings is 1. The van der Waals surface area contributed by atoms with Gasteiger partial charge in [-0.2, -0.15) is 13.2 Å². The fraction of sp³-hybridized carbons (Fsp3) is 0.0769. The molecule has 0 bridgehead atoms. The van der Waals surface area contributed by atoms with Crippen LogP contribution >= 0.6 is 0 Å². The van der Waals surface area contributed by atoms with Crippen LogP contribution in [0.5, 0.6) is 0 Å². The van der Waals surface area contributed by atoms with Gasteiger partial charge in [0.05, 0.1) is 11.1 Å². The third-order valence-corrected chi connectivity index (χ3v) is 2.51. The zero-order valence-corrected chi connectivity index (χ0v) is 10.2. The minimum absolute atomic E-state index is 0.211. The first-order valence-corrected chi connectivity index (χ1v) is 5.57. The molecule has 0 spiro atoms. The van der Waals surface area contributed by atoms with Gasteiger partial charge in [-0.1, -0.05) is 0 Å². The molecule has 0 aliphatic carbocycles. The Kier molecular flexibility index (Phi) is 3.88. The Balaban J connectivity index is 2.18. The van der Waals surface area contributed by atoms with Gasteiger partial charge < -0.3 is 5.32 Å². The van der Waals surface area contributed by atoms with Crippen molar-refractivity contribution in [2.24, 2.45) is 0 Å². The largest absolute Gasteiger partial charge is 0.417 e. The average Bonchev–Trinajstić information content (AvgIpc) is 2.41. The molecular formula is C13H7F5N2O. The van der Waals surface area contributed by atoms with E-state index in [1.165, 1.54) is 0 Å². The number of aromatic nitrogens is 1. The molecule has 8 heteroatoms. The Bertz CT molecular complexity index is 667. The van der Waals surface area contributed by atoms with Crippen LogP contribution in [0.3, 0.4) is 0 Å². The van der Waals surface area contributed by atoms with Gasteiger partial charge >= 0.3 is 6.18 Å². The number of pyridine rings is 1. The summed E-state index contributed by atoms with van der Waals surface area (Å²) < 4.78 is 63.3. The molecule has 0 aliphatic rings. The van der Waals surface area contributed by atoms with Crippen molar-refractivity contribution < 1.29 is 26.7 Å². The zero-order chi connectivity index (χ0) is 15.6. The van der Waals surface area contributed by atoms with E-state index in [4.69, 9.17) is 0 Å². The maximum atomic E-state index is 13.3. The van der Waals surface area contributed by atoms with Gasteiger partial charge in [0.15, 0.2) is 0 Å². The predicted molar refractivity (Wildman–Crippen MR) is 63.6 cm³/mol. The first-order chi connectivity index (χ1) is 9.77. The van der Waals surface area contributed by atoms with Gasteiger partial charge in [-0.05, 0) is 30.3 Å². The van der Waals surface area contributed by atoms with Crippen LogP contribution in [0.15, 0.2) is 36.5 Å². The number of nitrogens with zero attached hydrogens (tertiary/aromatic N) is 1. The van der Waals surface area contributed by atoms with Crippen molar-refractivity contribution in [3.8, 4) is 0 Å². The summed E-state index contributed by atoms with van der Waals surface area (Å²) in [6.07, 6.45) is -4.03. The SMILES string of the molecule is O=C(Nc1ccc(C(F)(F)F)cn1)c1cc(F)ccc1F. The second-order valence-electron chi connectivity index (χ2n) is 4.01. The number of halogens is 5. The number of nitrogens with one attached hydrogen (secondary N) is 1. The van der Waals surface area contributed by atoms with Crippen molar-refractivity contribution in [1.29, 1.82) is 0 Å². The maximum Gasteiger partial charge on any atom is 0.417 e. The molecule has 1 heterocycles. The smallest absolute Gasteiger partial charge is 0.306 e. The highest BCUT2D eigenvalue weighted by Gasteiger charge is 2.30. The molecule has 1 aromatic heterocycles. The van der Waals surface area contributed by atoms with Crippen LogP contribution in [0.2, 0.25) is 0 Å². The Morgan fingerprint density at radius 1 is 1.10 bits per heavy atom. The van der Waals surface area contributed by atoms with E-state index in [1.807, 2.05) is 0 Å². The molecule has 21 heavy (non-hydrogen) atoms. The second kappa shape index (κ2) is 5.47. The van der Waals surface area contributed by atoms with Crippen LogP contribution in [0.4, 0.5) is 27.8 Å². The van der Waals surface area contributed by atoms with Crippen molar-refractivity contribution in [3.05, 3.63) is 59.3 Å². The van der Waals surface area contributed by atoms with Gasteiger partial charge in [0, 0.05) is 6.20 Å². The summed E-state index contributed by atoms with van der Waals surface area (Å²) in [6, 6.07) is 3.91. The van der Waals surface area contributed by atoms with Crippen LogP contribution in [-0.4, -0.2) is 10.9 Å². The van der Waals surface area contributed by atoms with Crippen molar-refractivity contribution in [1.82, 2.24) is 4.98 Å². The Morgan fingerprint density at radius 3 is 2.38 bits per heavy atom. The third-order valence-electron chi connectivity index (χ3n) is 2.51. The van der Waals surface area contributed by atoms with Gasteiger partial charge in [-0.3, -0.25) is 4.79 Å². The van der Waals surface area contributed by atoms with E-state index >= 15 is 0 Å². The normalized spacial score (nSPS) is 11.3. The summed E-state index contributed by atoms with van der Waals surface area (Å²) >= 11 is 0. The number of amides is 1. The Morgan fingerprint density at radius 2 is 1.81 bits per heavy atom. The second-order valence-corrected chi connectivity index (χ2v) is 4.01. The summed E-state index contributed by atoms with van der Waals surface area (Å²) in [5.74, 6) is -3.00. The number of carbonyl (C=O) groups is 1. The van der Waals surface area contributed by atoms with Gasteiger partial charge in [0.25, 0.3) is 5.91 Å². The minimum Gasteiger partial charge on any atom is -0.306 e. The molecule has 1 N–H and O–H groups in total. The molecule has 2 aromatic rings. The fourth-order valence-corrected chi connectivity index (χ4v) is 1.49. The molecule has 2 rings (SSSR count). The molecular weight excluding hydrogens is 295 g/mol. The highest BCUT2D eigenvalue weighted by molar-refractivity contribution is 6.03. The average molecular weight is 302 g/mol. The molecule has 1 aromatic carbocycles. The van der Waals surface area contributed by atoms with E-state index in [0.717, 1.165) is 18.2 Å². The molecule has 0 atom stereocenters. The minimum atomic E-state index is -4.55. The number of alkyl halides is 3. The van der Waals surface area contributed by atoms with Gasteiger partial charge in [-0.15, -0.1) is 0 Å². The third kappa shape index (κ3) is 3.53. The highest BCUT2D eigenvalue weighted by atomic mass is 19.4. The molecule has 1 amide bonds. The number of rotatable bonds is 2. The zero-order valence-electron chi connectivity index (χ0n) is 10.2. The lowest BCUT2D eigenvalue weighted by atomic mass is 10.2. The Hall–Kier alpha value is -2.51. The highest BCUT2D eigenvalue weighted by Crippen LogP contribution is 2.28. The van der Waals surface area contributed by atoms with Crippen LogP contribution < -0.4 is 5.32 Å². The molecule has 0 unspecified atom stereocenters. The molecule has 110 valence electrons. The summed E-state index contributed by atoms with van der Waals surface area (Å²) in [5.41, 5.74) is -1.56. The fourth-order valence-electron chi connectivity index (χ4n) is 1.49. The van der Waals surface area contributed by atoms with Crippen LogP contribution in [0.25, 0.3) is 0 Å². The number of carbonyl (C=O) groups excluding carboxylic acids is 1. The van der Waals surface area contributed by atoms with Gasteiger partial charge in [-0.25, -0.2) is 13.8 Å². The quantitative estimate of drug-likeness (QED) is 0.861. The summed E-state index contributed by atoms with van der Waals surface area (Å²) in [6.45, 7) is 0. The van der Waals surface area contributed by atoms with Crippen molar-refractivity contribution in [3.63, 3.8) is 0 Å². The van der Waals surface area contributed by atoms with Gasteiger partial charge in [0.2, 0.25) is 0 Å². The van der Waals surface area contributed by atoms with Crippen LogP contribution in [0.1, 0.15) is 15.9 Å². The first-order valence-electron chi connectivity index (χ1n) is 5.57. The van der Waals surface area contributed by atoms with E-state index in [0.29, 0.717) is 18.3 Å². The summed E-state index contributed by atoms with van der Waals surface area (Å²) in [4.78, 5) is 15.1. The maximum absolute atomic E-state index is 13.3. The van der Waals surface area contributed by atoms with E-state index < -0.39 is 34.8 Å². The molecule has 0 fully saturated rings.